The number of aromatic carboxylic acids is 1. The van der Waals surface area contributed by atoms with Crippen LogP contribution in [0.2, 0.25) is 0 Å². The lowest BCUT2D eigenvalue weighted by atomic mass is 9.93. The predicted molar refractivity (Wildman–Crippen MR) is 91.6 cm³/mol. The number of morpholine rings is 1. The summed E-state index contributed by atoms with van der Waals surface area (Å²) in [7, 11) is 1.74. The van der Waals surface area contributed by atoms with E-state index in [4.69, 9.17) is 14.6 Å². The van der Waals surface area contributed by atoms with Crippen LogP contribution in [-0.4, -0.2) is 60.9 Å². The normalized spacial score (nSPS) is 26.6. The number of methoxy groups -OCH3 is 1. The molecule has 1 aromatic carbocycles. The fraction of sp³-hybridized carbons (Fsp3) is 0.579. The van der Waals surface area contributed by atoms with Crippen LogP contribution in [0, 0.1) is 5.92 Å². The maximum Gasteiger partial charge on any atom is 0.335 e. The molecule has 2 aliphatic rings. The molecule has 1 aromatic rings. The standard InChI is InChI=1S/C19H25NO5/c1-24-17-4-2-3-15(17)16-12-25-10-9-20(16)18(21)11-13-5-7-14(8-6-13)19(22)23/h5-8,15-17H,2-4,9-12H2,1H3,(H,22,23). The fourth-order valence-corrected chi connectivity index (χ4v) is 4.02. The first-order chi connectivity index (χ1) is 12.1. The molecule has 1 heterocycles. The molecule has 0 radical (unpaired) electrons. The lowest BCUT2D eigenvalue weighted by molar-refractivity contribution is -0.143. The van der Waals surface area contributed by atoms with Gasteiger partial charge in [0.15, 0.2) is 0 Å². The molecule has 1 aliphatic carbocycles. The number of carboxylic acid groups (broad SMARTS) is 1. The minimum Gasteiger partial charge on any atom is -0.478 e. The van der Waals surface area contributed by atoms with Crippen molar-refractivity contribution in [2.24, 2.45) is 5.92 Å². The van der Waals surface area contributed by atoms with Crippen LogP contribution in [0.15, 0.2) is 24.3 Å². The third-order valence-corrected chi connectivity index (χ3v) is 5.34. The van der Waals surface area contributed by atoms with Crippen LogP contribution in [0.5, 0.6) is 0 Å². The second-order valence-corrected chi connectivity index (χ2v) is 6.78. The van der Waals surface area contributed by atoms with E-state index < -0.39 is 5.97 Å². The molecule has 136 valence electrons. The Labute approximate surface area is 147 Å². The molecule has 6 nitrogen and oxygen atoms in total. The molecule has 2 fully saturated rings. The van der Waals surface area contributed by atoms with Crippen molar-refractivity contribution >= 4 is 11.9 Å². The Morgan fingerprint density at radius 1 is 1.28 bits per heavy atom. The first kappa shape index (κ1) is 17.9. The van der Waals surface area contributed by atoms with E-state index in [0.717, 1.165) is 24.8 Å². The van der Waals surface area contributed by atoms with Crippen molar-refractivity contribution < 1.29 is 24.2 Å². The Bertz CT molecular complexity index is 615. The smallest absolute Gasteiger partial charge is 0.335 e. The van der Waals surface area contributed by atoms with Gasteiger partial charge in [-0.25, -0.2) is 4.79 Å². The number of carboxylic acids is 1. The van der Waals surface area contributed by atoms with Gasteiger partial charge in [0.1, 0.15) is 0 Å². The zero-order valence-corrected chi connectivity index (χ0v) is 14.5. The number of hydrogen-bond acceptors (Lipinski definition) is 4. The summed E-state index contributed by atoms with van der Waals surface area (Å²) in [6.45, 7) is 1.72. The molecule has 3 unspecified atom stereocenters. The van der Waals surface area contributed by atoms with Crippen LogP contribution in [0.4, 0.5) is 0 Å². The highest BCUT2D eigenvalue weighted by atomic mass is 16.5. The zero-order chi connectivity index (χ0) is 17.8. The maximum atomic E-state index is 12.9. The van der Waals surface area contributed by atoms with Crippen LogP contribution >= 0.6 is 0 Å². The van der Waals surface area contributed by atoms with Gasteiger partial charge < -0.3 is 19.5 Å². The van der Waals surface area contributed by atoms with E-state index in [1.165, 1.54) is 0 Å². The minimum absolute atomic E-state index is 0.0620. The number of nitrogens with zero attached hydrogens (tertiary/aromatic N) is 1. The van der Waals surface area contributed by atoms with Crippen LogP contribution < -0.4 is 0 Å². The Hall–Kier alpha value is -1.92. The number of rotatable bonds is 5. The highest BCUT2D eigenvalue weighted by Crippen LogP contribution is 2.34. The van der Waals surface area contributed by atoms with Crippen molar-refractivity contribution in [1.82, 2.24) is 4.90 Å². The molecular weight excluding hydrogens is 322 g/mol. The van der Waals surface area contributed by atoms with Gasteiger partial charge in [0.05, 0.1) is 37.3 Å². The lowest BCUT2D eigenvalue weighted by Gasteiger charge is -2.40. The number of carbonyl (C=O) groups is 2. The van der Waals surface area contributed by atoms with Gasteiger partial charge in [-0.2, -0.15) is 0 Å². The Morgan fingerprint density at radius 3 is 2.72 bits per heavy atom. The number of carbonyl (C=O) groups excluding carboxylic acids is 1. The summed E-state index contributed by atoms with van der Waals surface area (Å²) in [6, 6.07) is 6.57. The molecule has 6 heteroatoms. The van der Waals surface area contributed by atoms with Crippen molar-refractivity contribution in [3.63, 3.8) is 0 Å². The Balaban J connectivity index is 1.69. The minimum atomic E-state index is -0.960. The van der Waals surface area contributed by atoms with Crippen molar-refractivity contribution in [2.45, 2.75) is 37.8 Å². The SMILES string of the molecule is COC1CCCC1C1COCCN1C(=O)Cc1ccc(C(=O)O)cc1. The lowest BCUT2D eigenvalue weighted by Crippen LogP contribution is -2.54. The fourth-order valence-electron chi connectivity index (χ4n) is 4.02. The van der Waals surface area contributed by atoms with Gasteiger partial charge in [0.25, 0.3) is 0 Å². The van der Waals surface area contributed by atoms with Crippen LogP contribution in [0.1, 0.15) is 35.2 Å². The molecule has 1 saturated carbocycles. The molecule has 0 bridgehead atoms. The molecule has 1 amide bonds. The van der Waals surface area contributed by atoms with Gasteiger partial charge in [0, 0.05) is 19.6 Å². The summed E-state index contributed by atoms with van der Waals surface area (Å²) < 4.78 is 11.3. The second-order valence-electron chi connectivity index (χ2n) is 6.78. The molecule has 1 N–H and O–H groups in total. The summed E-state index contributed by atoms with van der Waals surface area (Å²) in [4.78, 5) is 25.7. The largest absolute Gasteiger partial charge is 0.478 e. The van der Waals surface area contributed by atoms with Crippen molar-refractivity contribution in [2.75, 3.05) is 26.9 Å². The Morgan fingerprint density at radius 2 is 2.04 bits per heavy atom. The van der Waals surface area contributed by atoms with Gasteiger partial charge in [-0.05, 0) is 30.5 Å². The van der Waals surface area contributed by atoms with Crippen LogP contribution in [0.25, 0.3) is 0 Å². The summed E-state index contributed by atoms with van der Waals surface area (Å²) in [5, 5.41) is 8.96. The van der Waals surface area contributed by atoms with E-state index in [2.05, 4.69) is 0 Å². The molecule has 0 spiro atoms. The molecule has 1 aliphatic heterocycles. The molecule has 1 saturated heterocycles. The molecule has 3 rings (SSSR count). The maximum absolute atomic E-state index is 12.9. The average molecular weight is 347 g/mol. The van der Waals surface area contributed by atoms with Crippen LogP contribution in [0.3, 0.4) is 0 Å². The van der Waals surface area contributed by atoms with E-state index in [-0.39, 0.29) is 30.0 Å². The van der Waals surface area contributed by atoms with Crippen molar-refractivity contribution in [3.05, 3.63) is 35.4 Å². The number of hydrogen-bond donors (Lipinski definition) is 1. The van der Waals surface area contributed by atoms with Gasteiger partial charge in [-0.3, -0.25) is 4.79 Å². The molecule has 25 heavy (non-hydrogen) atoms. The van der Waals surface area contributed by atoms with E-state index in [1.807, 2.05) is 4.90 Å². The van der Waals surface area contributed by atoms with E-state index in [1.54, 1.807) is 31.4 Å². The molecule has 3 atom stereocenters. The van der Waals surface area contributed by atoms with Crippen LogP contribution in [-0.2, 0) is 20.7 Å². The summed E-state index contributed by atoms with van der Waals surface area (Å²) in [6.07, 6.45) is 3.69. The highest BCUT2D eigenvalue weighted by Gasteiger charge is 2.40. The van der Waals surface area contributed by atoms with E-state index in [0.29, 0.717) is 25.7 Å². The number of benzene rings is 1. The van der Waals surface area contributed by atoms with Crippen molar-refractivity contribution in [3.8, 4) is 0 Å². The third-order valence-electron chi connectivity index (χ3n) is 5.34. The predicted octanol–water partition coefficient (Wildman–Crippen LogP) is 1.97. The average Bonchev–Trinajstić information content (AvgIpc) is 3.10. The summed E-state index contributed by atoms with van der Waals surface area (Å²) in [5.41, 5.74) is 1.06. The third kappa shape index (κ3) is 4.02. The number of amides is 1. The zero-order valence-electron chi connectivity index (χ0n) is 14.5. The first-order valence-corrected chi connectivity index (χ1v) is 8.82. The van der Waals surface area contributed by atoms with Gasteiger partial charge in [0.2, 0.25) is 5.91 Å². The number of ether oxygens (including phenoxy) is 2. The Kier molecular flexibility index (Phi) is 5.71. The molecule has 0 aromatic heterocycles. The van der Waals surface area contributed by atoms with Gasteiger partial charge in [-0.15, -0.1) is 0 Å². The molecular formula is C19H25NO5. The van der Waals surface area contributed by atoms with E-state index >= 15 is 0 Å². The van der Waals surface area contributed by atoms with E-state index in [9.17, 15) is 9.59 Å². The first-order valence-electron chi connectivity index (χ1n) is 8.82. The van der Waals surface area contributed by atoms with Crippen molar-refractivity contribution in [1.29, 1.82) is 0 Å². The topological polar surface area (TPSA) is 76.1 Å². The summed E-state index contributed by atoms with van der Waals surface area (Å²) in [5.74, 6) is -0.570. The highest BCUT2D eigenvalue weighted by molar-refractivity contribution is 5.87. The van der Waals surface area contributed by atoms with Gasteiger partial charge in [-0.1, -0.05) is 18.6 Å². The monoisotopic (exact) mass is 347 g/mol. The van der Waals surface area contributed by atoms with Gasteiger partial charge >= 0.3 is 5.97 Å². The quantitative estimate of drug-likeness (QED) is 0.881. The summed E-state index contributed by atoms with van der Waals surface area (Å²) >= 11 is 0. The second kappa shape index (κ2) is 7.97.